The molecule has 8 heteroatoms. The average Bonchev–Trinajstić information content (AvgIpc) is 3.40. The Balaban J connectivity index is 1.36. The molecule has 1 amide bonds. The van der Waals surface area contributed by atoms with Crippen LogP contribution in [0.3, 0.4) is 0 Å². The van der Waals surface area contributed by atoms with E-state index >= 15 is 0 Å². The minimum absolute atomic E-state index is 0.0796. The fourth-order valence-electron chi connectivity index (χ4n) is 4.36. The van der Waals surface area contributed by atoms with Gasteiger partial charge in [0.15, 0.2) is 0 Å². The normalized spacial score (nSPS) is 17.8. The Morgan fingerprint density at radius 1 is 1.13 bits per heavy atom. The van der Waals surface area contributed by atoms with Gasteiger partial charge < -0.3 is 15.0 Å². The molecule has 0 aliphatic carbocycles. The molecule has 1 fully saturated rings. The maximum absolute atomic E-state index is 12.9. The van der Waals surface area contributed by atoms with Crippen LogP contribution in [0.15, 0.2) is 36.4 Å². The van der Waals surface area contributed by atoms with Crippen molar-refractivity contribution in [1.29, 1.82) is 0 Å². The summed E-state index contributed by atoms with van der Waals surface area (Å²) < 4.78 is 14.0. The summed E-state index contributed by atoms with van der Waals surface area (Å²) in [5.41, 5.74) is 6.16. The number of nitrogens with one attached hydrogen (secondary N) is 1. The van der Waals surface area contributed by atoms with Crippen molar-refractivity contribution in [2.24, 2.45) is 0 Å². The Morgan fingerprint density at radius 3 is 2.83 bits per heavy atom. The summed E-state index contributed by atoms with van der Waals surface area (Å²) in [5, 5.41) is 3.15. The zero-order chi connectivity index (χ0) is 20.5. The van der Waals surface area contributed by atoms with E-state index in [2.05, 4.69) is 49.1 Å². The largest absolute Gasteiger partial charge is 0.379 e. The molecule has 1 atom stereocenters. The smallest absolute Gasteiger partial charge is 0.251 e. The molecule has 1 saturated heterocycles. The first kappa shape index (κ1) is 19.4. The van der Waals surface area contributed by atoms with Crippen LogP contribution in [-0.4, -0.2) is 66.0 Å². The third-order valence-electron chi connectivity index (χ3n) is 6.07. The number of fused-ring (bicyclic) bond motifs is 2. The number of amides is 1. The van der Waals surface area contributed by atoms with Crippen LogP contribution >= 0.6 is 11.7 Å². The van der Waals surface area contributed by atoms with Crippen LogP contribution in [0, 0.1) is 0 Å². The van der Waals surface area contributed by atoms with Crippen molar-refractivity contribution in [1.82, 2.24) is 19.0 Å². The second-order valence-corrected chi connectivity index (χ2v) is 8.43. The van der Waals surface area contributed by atoms with Gasteiger partial charge in [-0.1, -0.05) is 12.1 Å². The standard InChI is InChI=1S/C22H25N5O2S/c1-26-7-6-16-12-15(3-5-20(16)26)21(27-8-10-29-11-9-27)14-23-22(28)17-2-4-18-19(13-17)25-30-24-18/h2-5,12-13,21H,6-11,14H2,1H3,(H,23,28). The summed E-state index contributed by atoms with van der Waals surface area (Å²) in [7, 11) is 2.14. The summed E-state index contributed by atoms with van der Waals surface area (Å²) in [4.78, 5) is 17.6. The van der Waals surface area contributed by atoms with Gasteiger partial charge in [0.25, 0.3) is 5.91 Å². The van der Waals surface area contributed by atoms with Gasteiger partial charge in [0.1, 0.15) is 11.0 Å². The van der Waals surface area contributed by atoms with Crippen molar-refractivity contribution >= 4 is 34.4 Å². The Morgan fingerprint density at radius 2 is 1.97 bits per heavy atom. The number of hydrogen-bond donors (Lipinski definition) is 1. The lowest BCUT2D eigenvalue weighted by Crippen LogP contribution is -2.43. The third-order valence-corrected chi connectivity index (χ3v) is 6.63. The van der Waals surface area contributed by atoms with E-state index in [1.54, 1.807) is 0 Å². The lowest BCUT2D eigenvalue weighted by atomic mass is 10.00. The lowest BCUT2D eigenvalue weighted by molar-refractivity contribution is 0.0162. The quantitative estimate of drug-likeness (QED) is 0.680. The highest BCUT2D eigenvalue weighted by atomic mass is 32.1. The molecule has 5 rings (SSSR count). The molecular formula is C22H25N5O2S. The van der Waals surface area contributed by atoms with E-state index in [4.69, 9.17) is 4.74 Å². The van der Waals surface area contributed by atoms with Crippen molar-refractivity contribution in [3.05, 3.63) is 53.1 Å². The molecule has 0 saturated carbocycles. The maximum atomic E-state index is 12.9. The van der Waals surface area contributed by atoms with Crippen LogP contribution in [0.25, 0.3) is 11.0 Å². The van der Waals surface area contributed by atoms with Crippen molar-refractivity contribution in [3.63, 3.8) is 0 Å². The first-order valence-electron chi connectivity index (χ1n) is 10.4. The molecule has 3 aromatic rings. The molecule has 156 valence electrons. The highest BCUT2D eigenvalue weighted by Crippen LogP contribution is 2.31. The zero-order valence-corrected chi connectivity index (χ0v) is 17.8. The van der Waals surface area contributed by atoms with E-state index in [1.165, 1.54) is 16.8 Å². The van der Waals surface area contributed by atoms with Gasteiger partial charge in [-0.25, -0.2) is 0 Å². The molecule has 3 heterocycles. The number of carbonyl (C=O) groups excluding carboxylic acids is 1. The summed E-state index contributed by atoms with van der Waals surface area (Å²) >= 11 is 1.16. The van der Waals surface area contributed by atoms with Crippen LogP contribution in [0.1, 0.15) is 27.5 Å². The Labute approximate surface area is 180 Å². The van der Waals surface area contributed by atoms with Gasteiger partial charge in [0, 0.05) is 44.5 Å². The third kappa shape index (κ3) is 3.78. The molecule has 0 spiro atoms. The number of aromatic nitrogens is 2. The van der Waals surface area contributed by atoms with Gasteiger partial charge in [0.05, 0.1) is 31.0 Å². The number of hydrogen-bond acceptors (Lipinski definition) is 7. The van der Waals surface area contributed by atoms with Gasteiger partial charge >= 0.3 is 0 Å². The van der Waals surface area contributed by atoms with E-state index in [0.717, 1.165) is 62.0 Å². The zero-order valence-electron chi connectivity index (χ0n) is 17.0. The number of morpholine rings is 1. The molecule has 2 aliphatic heterocycles. The number of nitrogens with zero attached hydrogens (tertiary/aromatic N) is 4. The molecule has 1 aromatic heterocycles. The molecule has 30 heavy (non-hydrogen) atoms. The van der Waals surface area contributed by atoms with Gasteiger partial charge in [0.2, 0.25) is 0 Å². The van der Waals surface area contributed by atoms with Crippen LogP contribution in [0.5, 0.6) is 0 Å². The van der Waals surface area contributed by atoms with Gasteiger partial charge in [-0.2, -0.15) is 8.75 Å². The molecular weight excluding hydrogens is 398 g/mol. The predicted octanol–water partition coefficient (Wildman–Crippen LogP) is 2.49. The first-order chi connectivity index (χ1) is 14.7. The van der Waals surface area contributed by atoms with Crippen molar-refractivity contribution in [2.75, 3.05) is 51.3 Å². The van der Waals surface area contributed by atoms with Gasteiger partial charge in [-0.3, -0.25) is 9.69 Å². The van der Waals surface area contributed by atoms with Crippen molar-refractivity contribution in [2.45, 2.75) is 12.5 Å². The molecule has 7 nitrogen and oxygen atoms in total. The molecule has 0 radical (unpaired) electrons. The molecule has 1 N–H and O–H groups in total. The molecule has 1 unspecified atom stereocenters. The lowest BCUT2D eigenvalue weighted by Gasteiger charge is -2.35. The number of benzene rings is 2. The SMILES string of the molecule is CN1CCc2cc(C(CNC(=O)c3ccc4nsnc4c3)N3CCOCC3)ccc21. The van der Waals surface area contributed by atoms with Crippen LogP contribution < -0.4 is 10.2 Å². The predicted molar refractivity (Wildman–Crippen MR) is 118 cm³/mol. The Hall–Kier alpha value is -2.55. The number of ether oxygens (including phenoxy) is 1. The number of anilines is 1. The highest BCUT2D eigenvalue weighted by Gasteiger charge is 2.25. The van der Waals surface area contributed by atoms with Gasteiger partial charge in [-0.15, -0.1) is 0 Å². The van der Waals surface area contributed by atoms with E-state index in [-0.39, 0.29) is 11.9 Å². The second kappa shape index (κ2) is 8.29. The number of likely N-dealkylation sites (N-methyl/N-ethyl adjacent to an activating group) is 1. The average molecular weight is 424 g/mol. The van der Waals surface area contributed by atoms with Crippen molar-refractivity contribution < 1.29 is 9.53 Å². The molecule has 2 aromatic carbocycles. The van der Waals surface area contributed by atoms with E-state index in [9.17, 15) is 4.79 Å². The molecule has 0 bridgehead atoms. The summed E-state index contributed by atoms with van der Waals surface area (Å²) in [5.74, 6) is -0.0796. The minimum atomic E-state index is -0.0796. The van der Waals surface area contributed by atoms with Crippen molar-refractivity contribution in [3.8, 4) is 0 Å². The summed E-state index contributed by atoms with van der Waals surface area (Å²) in [6.07, 6.45) is 1.07. The molecule has 2 aliphatic rings. The highest BCUT2D eigenvalue weighted by molar-refractivity contribution is 7.00. The number of carbonyl (C=O) groups is 1. The monoisotopic (exact) mass is 423 g/mol. The second-order valence-electron chi connectivity index (χ2n) is 7.90. The van der Waals surface area contributed by atoms with Crippen LogP contribution in [-0.2, 0) is 11.2 Å². The van der Waals surface area contributed by atoms with E-state index in [0.29, 0.717) is 12.1 Å². The summed E-state index contributed by atoms with van der Waals surface area (Å²) in [6, 6.07) is 12.3. The van der Waals surface area contributed by atoms with E-state index < -0.39 is 0 Å². The Kier molecular flexibility index (Phi) is 5.37. The fourth-order valence-corrected chi connectivity index (χ4v) is 4.87. The minimum Gasteiger partial charge on any atom is -0.379 e. The maximum Gasteiger partial charge on any atom is 0.251 e. The fraction of sp³-hybridized carbons (Fsp3) is 0.409. The number of rotatable bonds is 5. The Bertz CT molecular complexity index is 1060. The first-order valence-corrected chi connectivity index (χ1v) is 11.1. The van der Waals surface area contributed by atoms with Gasteiger partial charge in [-0.05, 0) is 41.8 Å². The topological polar surface area (TPSA) is 70.6 Å². The van der Waals surface area contributed by atoms with E-state index in [1.807, 2.05) is 18.2 Å². The van der Waals surface area contributed by atoms with Crippen LogP contribution in [0.2, 0.25) is 0 Å². The summed E-state index contributed by atoms with van der Waals surface area (Å²) in [6.45, 7) is 4.81. The van der Waals surface area contributed by atoms with Crippen LogP contribution in [0.4, 0.5) is 5.69 Å².